The first-order chi connectivity index (χ1) is 23.4. The smallest absolute Gasteiger partial charge is 0.491 e. The van der Waals surface area contributed by atoms with Gasteiger partial charge in [-0.05, 0) is 103 Å². The van der Waals surface area contributed by atoms with Crippen molar-refractivity contribution in [3.05, 3.63) is 58.1 Å². The predicted molar refractivity (Wildman–Crippen MR) is 199 cm³/mol. The molecule has 10 heteroatoms. The standard InChI is InChI=1S/C40H61BN2O7/c1-13-33(38(7,8)9)43(37(45)30-23-27(4)22-28(5)24-30)42-36(44)31-17-18-32(41-49-39(10,11)40(12,50-41)25-26(2)3)35(29(31)6)48-21-20-47-34-16-14-15-19-46-34/h17-18,22-24,26,33-34H,13-16,19-21,25H2,1-12H3,(H,42,44). The summed E-state index contributed by atoms with van der Waals surface area (Å²) >= 11 is 0. The Morgan fingerprint density at radius 1 is 1.02 bits per heavy atom. The van der Waals surface area contributed by atoms with Crippen molar-refractivity contribution in [2.45, 2.75) is 139 Å². The van der Waals surface area contributed by atoms with E-state index in [1.54, 1.807) is 6.07 Å². The summed E-state index contributed by atoms with van der Waals surface area (Å²) < 4.78 is 31.4. The Kier molecular flexibility index (Phi) is 12.9. The molecule has 1 N–H and O–H groups in total. The number of carbonyl (C=O) groups is 2. The highest BCUT2D eigenvalue weighted by molar-refractivity contribution is 6.63. The summed E-state index contributed by atoms with van der Waals surface area (Å²) in [6.07, 6.45) is 4.21. The number of rotatable bonds is 12. The molecule has 2 aliphatic heterocycles. The fourth-order valence-electron chi connectivity index (χ4n) is 7.36. The number of hydrogen-bond acceptors (Lipinski definition) is 7. The first kappa shape index (κ1) is 39.9. The summed E-state index contributed by atoms with van der Waals surface area (Å²) in [5.41, 5.74) is 5.85. The Labute approximate surface area is 301 Å². The van der Waals surface area contributed by atoms with Gasteiger partial charge in [-0.15, -0.1) is 0 Å². The third-order valence-electron chi connectivity index (χ3n) is 10.2. The van der Waals surface area contributed by atoms with Crippen LogP contribution in [-0.4, -0.2) is 67.3 Å². The van der Waals surface area contributed by atoms with Crippen LogP contribution in [0.2, 0.25) is 0 Å². The number of hydrogen-bond donors (Lipinski definition) is 1. The highest BCUT2D eigenvalue weighted by atomic mass is 16.7. The van der Waals surface area contributed by atoms with Gasteiger partial charge in [-0.2, -0.15) is 0 Å². The van der Waals surface area contributed by atoms with Gasteiger partial charge in [-0.1, -0.05) is 64.8 Å². The maximum Gasteiger partial charge on any atom is 0.498 e. The molecule has 0 spiro atoms. The summed E-state index contributed by atoms with van der Waals surface area (Å²) in [4.78, 5) is 28.5. The minimum absolute atomic E-state index is 0.237. The molecule has 9 nitrogen and oxygen atoms in total. The van der Waals surface area contributed by atoms with Crippen LogP contribution >= 0.6 is 0 Å². The van der Waals surface area contributed by atoms with Crippen LogP contribution in [0.1, 0.15) is 132 Å². The Morgan fingerprint density at radius 2 is 1.70 bits per heavy atom. The summed E-state index contributed by atoms with van der Waals surface area (Å²) in [6, 6.07) is 9.12. The minimum atomic E-state index is -0.699. The highest BCUT2D eigenvalue weighted by Gasteiger charge is 2.55. The molecular formula is C40H61BN2O7. The zero-order valence-electron chi connectivity index (χ0n) is 32.7. The van der Waals surface area contributed by atoms with Gasteiger partial charge in [-0.25, -0.2) is 5.01 Å². The van der Waals surface area contributed by atoms with E-state index in [1.165, 1.54) is 5.01 Å². The van der Waals surface area contributed by atoms with Crippen molar-refractivity contribution < 1.29 is 33.1 Å². The Bertz CT molecular complexity index is 1480. The van der Waals surface area contributed by atoms with E-state index in [2.05, 4.69) is 60.8 Å². The Morgan fingerprint density at radius 3 is 2.28 bits per heavy atom. The van der Waals surface area contributed by atoms with Crippen molar-refractivity contribution >= 4 is 24.4 Å². The fraction of sp³-hybridized carbons (Fsp3) is 0.650. The van der Waals surface area contributed by atoms with E-state index in [1.807, 2.05) is 52.0 Å². The number of benzene rings is 2. The molecule has 0 radical (unpaired) electrons. The number of ether oxygens (including phenoxy) is 3. The van der Waals surface area contributed by atoms with Gasteiger partial charge in [0.05, 0.1) is 23.9 Å². The lowest BCUT2D eigenvalue weighted by Gasteiger charge is -2.39. The number of nitrogens with zero attached hydrogens (tertiary/aromatic N) is 1. The number of nitrogens with one attached hydrogen (secondary N) is 1. The van der Waals surface area contributed by atoms with E-state index in [-0.39, 0.29) is 30.3 Å². The zero-order chi connectivity index (χ0) is 37.0. The van der Waals surface area contributed by atoms with E-state index in [0.29, 0.717) is 53.5 Å². The van der Waals surface area contributed by atoms with Gasteiger partial charge in [0.15, 0.2) is 6.29 Å². The maximum atomic E-state index is 14.3. The molecule has 2 saturated heterocycles. The third-order valence-corrected chi connectivity index (χ3v) is 10.2. The highest BCUT2D eigenvalue weighted by Crippen LogP contribution is 2.42. The topological polar surface area (TPSA) is 95.6 Å². The first-order valence-electron chi connectivity index (χ1n) is 18.4. The van der Waals surface area contributed by atoms with Crippen LogP contribution < -0.4 is 15.6 Å². The molecule has 276 valence electrons. The molecule has 2 aromatic carbocycles. The molecular weight excluding hydrogens is 631 g/mol. The average molecular weight is 693 g/mol. The number of carbonyl (C=O) groups excluding carboxylic acids is 2. The normalized spacial score (nSPS) is 21.3. The molecule has 2 aliphatic rings. The molecule has 3 atom stereocenters. The van der Waals surface area contributed by atoms with Crippen molar-refractivity contribution in [3.8, 4) is 5.75 Å². The van der Waals surface area contributed by atoms with Crippen molar-refractivity contribution in [2.75, 3.05) is 19.8 Å². The largest absolute Gasteiger partial charge is 0.498 e. The molecule has 2 aromatic rings. The van der Waals surface area contributed by atoms with E-state index in [9.17, 15) is 9.59 Å². The van der Waals surface area contributed by atoms with Crippen LogP contribution in [0, 0.1) is 32.1 Å². The van der Waals surface area contributed by atoms with Crippen LogP contribution in [0.5, 0.6) is 5.75 Å². The van der Waals surface area contributed by atoms with Crippen LogP contribution in [0.4, 0.5) is 0 Å². The van der Waals surface area contributed by atoms with E-state index in [4.69, 9.17) is 23.5 Å². The van der Waals surface area contributed by atoms with Gasteiger partial charge in [0.1, 0.15) is 12.4 Å². The number of aryl methyl sites for hydroxylation is 2. The van der Waals surface area contributed by atoms with Crippen molar-refractivity contribution in [2.24, 2.45) is 11.3 Å². The average Bonchev–Trinajstić information content (AvgIpc) is 3.25. The third kappa shape index (κ3) is 9.30. The molecule has 0 aromatic heterocycles. The predicted octanol–water partition coefficient (Wildman–Crippen LogP) is 7.47. The summed E-state index contributed by atoms with van der Waals surface area (Å²) in [5.74, 6) is 0.262. The summed E-state index contributed by atoms with van der Waals surface area (Å²) in [7, 11) is -0.699. The van der Waals surface area contributed by atoms with E-state index >= 15 is 0 Å². The molecule has 2 heterocycles. The molecule has 0 saturated carbocycles. The lowest BCUT2D eigenvalue weighted by atomic mass is 9.76. The summed E-state index contributed by atoms with van der Waals surface area (Å²) in [6.45, 7) is 25.9. The molecule has 3 unspecified atom stereocenters. The Balaban J connectivity index is 1.69. The van der Waals surface area contributed by atoms with Crippen LogP contribution in [0.25, 0.3) is 0 Å². The zero-order valence-corrected chi connectivity index (χ0v) is 32.7. The number of hydrazine groups is 1. The van der Waals surface area contributed by atoms with Gasteiger partial charge < -0.3 is 23.5 Å². The SMILES string of the molecule is CCC(N(NC(=O)c1ccc(B2OC(C)(C)C(C)(CC(C)C)O2)c(OCCOC2CCCCO2)c1C)C(=O)c1cc(C)cc(C)c1)C(C)(C)C. The second-order valence-electron chi connectivity index (χ2n) is 16.4. The quantitative estimate of drug-likeness (QED) is 0.140. The van der Waals surface area contributed by atoms with Crippen LogP contribution in [-0.2, 0) is 18.8 Å². The molecule has 4 rings (SSSR count). The van der Waals surface area contributed by atoms with Crippen LogP contribution in [0.3, 0.4) is 0 Å². The maximum absolute atomic E-state index is 14.3. The van der Waals surface area contributed by atoms with E-state index < -0.39 is 24.2 Å². The molecule has 2 fully saturated rings. The second kappa shape index (κ2) is 16.2. The minimum Gasteiger partial charge on any atom is -0.491 e. The second-order valence-corrected chi connectivity index (χ2v) is 16.4. The van der Waals surface area contributed by atoms with E-state index in [0.717, 1.165) is 36.8 Å². The van der Waals surface area contributed by atoms with Crippen molar-refractivity contribution in [1.82, 2.24) is 10.4 Å². The lowest BCUT2D eigenvalue weighted by molar-refractivity contribution is -0.165. The fourth-order valence-corrected chi connectivity index (χ4v) is 7.36. The van der Waals surface area contributed by atoms with Crippen molar-refractivity contribution in [3.63, 3.8) is 0 Å². The number of amides is 2. The van der Waals surface area contributed by atoms with Gasteiger partial charge in [-0.3, -0.25) is 15.0 Å². The van der Waals surface area contributed by atoms with Gasteiger partial charge in [0.2, 0.25) is 0 Å². The molecule has 2 amide bonds. The molecule has 50 heavy (non-hydrogen) atoms. The molecule has 0 aliphatic carbocycles. The lowest BCUT2D eigenvalue weighted by Crippen LogP contribution is -2.56. The van der Waals surface area contributed by atoms with Crippen LogP contribution in [0.15, 0.2) is 30.3 Å². The summed E-state index contributed by atoms with van der Waals surface area (Å²) in [5, 5.41) is 1.52. The molecule has 0 bridgehead atoms. The van der Waals surface area contributed by atoms with Gasteiger partial charge in [0.25, 0.3) is 11.8 Å². The van der Waals surface area contributed by atoms with Gasteiger partial charge in [0, 0.05) is 28.8 Å². The van der Waals surface area contributed by atoms with Gasteiger partial charge >= 0.3 is 7.12 Å². The first-order valence-corrected chi connectivity index (χ1v) is 18.4. The Hall–Kier alpha value is -2.92. The monoisotopic (exact) mass is 692 g/mol. The van der Waals surface area contributed by atoms with Crippen molar-refractivity contribution in [1.29, 1.82) is 0 Å².